The fraction of sp³-hybridized carbons (Fsp3) is 0.462. The number of hydrogen-bond acceptors (Lipinski definition) is 2. The van der Waals surface area contributed by atoms with Crippen molar-refractivity contribution in [3.05, 3.63) is 33.8 Å². The van der Waals surface area contributed by atoms with Gasteiger partial charge in [-0.1, -0.05) is 37.0 Å². The molecule has 0 atom stereocenters. The SMILES string of the molecule is CC(C)NCCCNC(=O)c1ccc(Cl)c(Cl)c1. The minimum atomic E-state index is -0.127. The summed E-state index contributed by atoms with van der Waals surface area (Å²) in [6.07, 6.45) is 0.894. The first-order valence-electron chi connectivity index (χ1n) is 5.97. The molecule has 0 spiro atoms. The summed E-state index contributed by atoms with van der Waals surface area (Å²) >= 11 is 11.6. The number of halogens is 2. The molecule has 5 heteroatoms. The van der Waals surface area contributed by atoms with Crippen LogP contribution in [-0.2, 0) is 0 Å². The minimum absolute atomic E-state index is 0.127. The van der Waals surface area contributed by atoms with E-state index in [1.165, 1.54) is 0 Å². The predicted octanol–water partition coefficient (Wildman–Crippen LogP) is 3.11. The lowest BCUT2D eigenvalue weighted by Crippen LogP contribution is -2.29. The summed E-state index contributed by atoms with van der Waals surface area (Å²) in [7, 11) is 0. The first kappa shape index (κ1) is 15.3. The predicted molar refractivity (Wildman–Crippen MR) is 76.6 cm³/mol. The molecule has 0 aromatic heterocycles. The topological polar surface area (TPSA) is 41.1 Å². The van der Waals surface area contributed by atoms with Gasteiger partial charge >= 0.3 is 0 Å². The van der Waals surface area contributed by atoms with Gasteiger partial charge < -0.3 is 10.6 Å². The van der Waals surface area contributed by atoms with E-state index in [4.69, 9.17) is 23.2 Å². The van der Waals surface area contributed by atoms with Crippen molar-refractivity contribution in [3.63, 3.8) is 0 Å². The molecule has 100 valence electrons. The highest BCUT2D eigenvalue weighted by Gasteiger charge is 2.07. The summed E-state index contributed by atoms with van der Waals surface area (Å²) < 4.78 is 0. The van der Waals surface area contributed by atoms with Crippen molar-refractivity contribution in [1.29, 1.82) is 0 Å². The van der Waals surface area contributed by atoms with E-state index in [0.29, 0.717) is 28.2 Å². The van der Waals surface area contributed by atoms with E-state index in [1.54, 1.807) is 18.2 Å². The molecule has 1 aromatic rings. The molecular weight excluding hydrogens is 271 g/mol. The van der Waals surface area contributed by atoms with Gasteiger partial charge in [-0.25, -0.2) is 0 Å². The van der Waals surface area contributed by atoms with E-state index in [1.807, 2.05) is 0 Å². The van der Waals surface area contributed by atoms with Gasteiger partial charge in [-0.05, 0) is 31.2 Å². The first-order valence-corrected chi connectivity index (χ1v) is 6.73. The second-order valence-corrected chi connectivity index (χ2v) is 5.16. The molecule has 1 rings (SSSR count). The fourth-order valence-electron chi connectivity index (χ4n) is 1.42. The third kappa shape index (κ3) is 5.25. The van der Waals surface area contributed by atoms with Crippen LogP contribution in [0.4, 0.5) is 0 Å². The van der Waals surface area contributed by atoms with Gasteiger partial charge in [0.05, 0.1) is 10.0 Å². The number of carbonyl (C=O) groups excluding carboxylic acids is 1. The Bertz CT molecular complexity index is 408. The average molecular weight is 289 g/mol. The zero-order valence-corrected chi connectivity index (χ0v) is 12.1. The highest BCUT2D eigenvalue weighted by atomic mass is 35.5. The molecule has 0 saturated carbocycles. The van der Waals surface area contributed by atoms with Crippen LogP contribution in [0.2, 0.25) is 10.0 Å². The molecule has 1 aromatic carbocycles. The fourth-order valence-corrected chi connectivity index (χ4v) is 1.72. The Balaban J connectivity index is 2.34. The maximum absolute atomic E-state index is 11.8. The minimum Gasteiger partial charge on any atom is -0.352 e. The largest absolute Gasteiger partial charge is 0.352 e. The van der Waals surface area contributed by atoms with E-state index >= 15 is 0 Å². The Labute approximate surface area is 118 Å². The molecule has 0 aliphatic carbocycles. The van der Waals surface area contributed by atoms with Crippen LogP contribution in [0.3, 0.4) is 0 Å². The lowest BCUT2D eigenvalue weighted by atomic mass is 10.2. The molecule has 0 saturated heterocycles. The molecule has 0 aliphatic heterocycles. The number of amides is 1. The van der Waals surface area contributed by atoms with Gasteiger partial charge in [0, 0.05) is 18.2 Å². The molecule has 0 heterocycles. The van der Waals surface area contributed by atoms with Crippen molar-refractivity contribution in [3.8, 4) is 0 Å². The van der Waals surface area contributed by atoms with E-state index in [-0.39, 0.29) is 5.91 Å². The van der Waals surface area contributed by atoms with Crippen LogP contribution < -0.4 is 10.6 Å². The van der Waals surface area contributed by atoms with Gasteiger partial charge in [0.2, 0.25) is 0 Å². The van der Waals surface area contributed by atoms with Gasteiger partial charge in [-0.2, -0.15) is 0 Å². The van der Waals surface area contributed by atoms with Gasteiger partial charge in [0.1, 0.15) is 0 Å². The molecule has 0 radical (unpaired) electrons. The second kappa shape index (κ2) is 7.62. The Morgan fingerprint density at radius 1 is 1.22 bits per heavy atom. The Hall–Kier alpha value is -0.770. The van der Waals surface area contributed by atoms with Crippen LogP contribution in [0.5, 0.6) is 0 Å². The number of rotatable bonds is 6. The molecular formula is C13H18Cl2N2O. The Kier molecular flexibility index (Phi) is 6.47. The third-order valence-corrected chi connectivity index (χ3v) is 3.11. The van der Waals surface area contributed by atoms with Crippen molar-refractivity contribution in [2.24, 2.45) is 0 Å². The number of nitrogens with one attached hydrogen (secondary N) is 2. The standard InChI is InChI=1S/C13H18Cl2N2O/c1-9(2)16-6-3-7-17-13(18)10-4-5-11(14)12(15)8-10/h4-5,8-9,16H,3,6-7H2,1-2H3,(H,17,18). The first-order chi connectivity index (χ1) is 8.50. The summed E-state index contributed by atoms with van der Waals surface area (Å²) in [5.74, 6) is -0.127. The maximum Gasteiger partial charge on any atom is 0.251 e. The summed E-state index contributed by atoms with van der Waals surface area (Å²) in [6, 6.07) is 5.33. The quantitative estimate of drug-likeness (QED) is 0.790. The molecule has 3 nitrogen and oxygen atoms in total. The molecule has 1 amide bonds. The maximum atomic E-state index is 11.8. The molecule has 2 N–H and O–H groups in total. The highest BCUT2D eigenvalue weighted by Crippen LogP contribution is 2.22. The van der Waals surface area contributed by atoms with Crippen molar-refractivity contribution in [1.82, 2.24) is 10.6 Å². The number of carbonyl (C=O) groups is 1. The third-order valence-electron chi connectivity index (χ3n) is 2.37. The zero-order chi connectivity index (χ0) is 13.5. The van der Waals surface area contributed by atoms with Gasteiger partial charge in [-0.3, -0.25) is 4.79 Å². The zero-order valence-electron chi connectivity index (χ0n) is 10.6. The smallest absolute Gasteiger partial charge is 0.251 e. The van der Waals surface area contributed by atoms with Crippen molar-refractivity contribution < 1.29 is 4.79 Å². The Morgan fingerprint density at radius 2 is 1.94 bits per heavy atom. The van der Waals surface area contributed by atoms with Crippen LogP contribution >= 0.6 is 23.2 Å². The van der Waals surface area contributed by atoms with Crippen LogP contribution in [0.25, 0.3) is 0 Å². The monoisotopic (exact) mass is 288 g/mol. The van der Waals surface area contributed by atoms with Gasteiger partial charge in [-0.15, -0.1) is 0 Å². The van der Waals surface area contributed by atoms with Crippen LogP contribution in [0, 0.1) is 0 Å². The van der Waals surface area contributed by atoms with E-state index < -0.39 is 0 Å². The lowest BCUT2D eigenvalue weighted by molar-refractivity contribution is 0.0953. The van der Waals surface area contributed by atoms with E-state index in [0.717, 1.165) is 13.0 Å². The summed E-state index contributed by atoms with van der Waals surface area (Å²) in [4.78, 5) is 11.8. The van der Waals surface area contributed by atoms with E-state index in [2.05, 4.69) is 24.5 Å². The molecule has 0 aliphatic rings. The van der Waals surface area contributed by atoms with Crippen LogP contribution in [0.1, 0.15) is 30.6 Å². The Morgan fingerprint density at radius 3 is 2.56 bits per heavy atom. The van der Waals surface area contributed by atoms with Crippen LogP contribution in [0.15, 0.2) is 18.2 Å². The molecule has 0 unspecified atom stereocenters. The van der Waals surface area contributed by atoms with Gasteiger partial charge in [0.15, 0.2) is 0 Å². The second-order valence-electron chi connectivity index (χ2n) is 4.35. The molecule has 18 heavy (non-hydrogen) atoms. The summed E-state index contributed by atoms with van der Waals surface area (Å²) in [5, 5.41) is 6.97. The van der Waals surface area contributed by atoms with Crippen molar-refractivity contribution in [2.75, 3.05) is 13.1 Å². The summed E-state index contributed by atoms with van der Waals surface area (Å²) in [6.45, 7) is 5.71. The number of benzene rings is 1. The van der Waals surface area contributed by atoms with E-state index in [9.17, 15) is 4.79 Å². The number of hydrogen-bond donors (Lipinski definition) is 2. The average Bonchev–Trinajstić information content (AvgIpc) is 2.31. The van der Waals surface area contributed by atoms with Crippen molar-refractivity contribution >= 4 is 29.1 Å². The normalized spacial score (nSPS) is 10.7. The highest BCUT2D eigenvalue weighted by molar-refractivity contribution is 6.42. The van der Waals surface area contributed by atoms with Gasteiger partial charge in [0.25, 0.3) is 5.91 Å². The van der Waals surface area contributed by atoms with Crippen LogP contribution in [-0.4, -0.2) is 25.0 Å². The lowest BCUT2D eigenvalue weighted by Gasteiger charge is -2.09. The summed E-state index contributed by atoms with van der Waals surface area (Å²) in [5.41, 5.74) is 0.529. The van der Waals surface area contributed by atoms with Crippen molar-refractivity contribution in [2.45, 2.75) is 26.3 Å². The molecule has 0 bridgehead atoms. The molecule has 0 fully saturated rings.